The third kappa shape index (κ3) is 3.59. The number of carboxylic acid groups (broad SMARTS) is 1. The van der Waals surface area contributed by atoms with Crippen LogP contribution in [0.2, 0.25) is 0 Å². The highest BCUT2D eigenvalue weighted by Crippen LogP contribution is 2.22. The second kappa shape index (κ2) is 5.77. The molecular weight excluding hydrogens is 248 g/mol. The van der Waals surface area contributed by atoms with Crippen LogP contribution in [0, 0.1) is 5.92 Å². The number of amides is 2. The van der Waals surface area contributed by atoms with E-state index in [2.05, 4.69) is 5.32 Å². The topological polar surface area (TPSA) is 78.9 Å². The van der Waals surface area contributed by atoms with Crippen molar-refractivity contribution in [3.63, 3.8) is 0 Å². The van der Waals surface area contributed by atoms with E-state index in [1.807, 2.05) is 6.92 Å². The van der Waals surface area contributed by atoms with Crippen LogP contribution >= 0.6 is 0 Å². The summed E-state index contributed by atoms with van der Waals surface area (Å²) in [5.41, 5.74) is -0.231. The van der Waals surface area contributed by atoms with Crippen molar-refractivity contribution in [2.75, 3.05) is 26.3 Å². The van der Waals surface area contributed by atoms with Crippen LogP contribution in [0.25, 0.3) is 0 Å². The maximum absolute atomic E-state index is 12.2. The summed E-state index contributed by atoms with van der Waals surface area (Å²) < 4.78 is 5.30. The number of ether oxygens (including phenoxy) is 1. The molecule has 0 saturated carbocycles. The molecule has 0 aromatic heterocycles. The molecule has 19 heavy (non-hydrogen) atoms. The fourth-order valence-corrected chi connectivity index (χ4v) is 2.65. The highest BCUT2D eigenvalue weighted by Gasteiger charge is 2.33. The standard InChI is InChI=1S/C13H22N2O4/c1-13(4-7-19-8-5-13)14-12(18)15-6-2-3-10(9-15)11(16)17/h10H,2-9H2,1H3,(H,14,18)(H,16,17)/t10-/m1/s1. The molecule has 2 fully saturated rings. The van der Waals surface area contributed by atoms with E-state index in [9.17, 15) is 9.59 Å². The lowest BCUT2D eigenvalue weighted by Gasteiger charge is -2.38. The Bertz CT molecular complexity index is 353. The minimum Gasteiger partial charge on any atom is -0.481 e. The van der Waals surface area contributed by atoms with Crippen LogP contribution < -0.4 is 5.32 Å². The lowest BCUT2D eigenvalue weighted by Crippen LogP contribution is -2.56. The van der Waals surface area contributed by atoms with Crippen molar-refractivity contribution in [3.05, 3.63) is 0 Å². The first kappa shape index (κ1) is 14.1. The van der Waals surface area contributed by atoms with Crippen molar-refractivity contribution in [1.29, 1.82) is 0 Å². The minimum absolute atomic E-state index is 0.143. The molecule has 2 N–H and O–H groups in total. The molecule has 2 aliphatic heterocycles. The molecule has 0 aliphatic carbocycles. The van der Waals surface area contributed by atoms with Gasteiger partial charge in [-0.2, -0.15) is 0 Å². The highest BCUT2D eigenvalue weighted by atomic mass is 16.5. The summed E-state index contributed by atoms with van der Waals surface area (Å²) in [5.74, 6) is -1.24. The van der Waals surface area contributed by atoms with E-state index in [-0.39, 0.29) is 11.6 Å². The molecule has 2 amide bonds. The molecule has 1 atom stereocenters. The zero-order chi connectivity index (χ0) is 13.9. The molecule has 6 nitrogen and oxygen atoms in total. The van der Waals surface area contributed by atoms with E-state index >= 15 is 0 Å². The Kier molecular flexibility index (Phi) is 4.29. The predicted molar refractivity (Wildman–Crippen MR) is 68.9 cm³/mol. The van der Waals surface area contributed by atoms with E-state index in [0.717, 1.165) is 19.3 Å². The lowest BCUT2D eigenvalue weighted by molar-refractivity contribution is -0.143. The third-order valence-electron chi connectivity index (χ3n) is 4.06. The van der Waals surface area contributed by atoms with Gasteiger partial charge < -0.3 is 20.1 Å². The van der Waals surface area contributed by atoms with Crippen molar-refractivity contribution in [2.24, 2.45) is 5.92 Å². The number of carbonyl (C=O) groups is 2. The fourth-order valence-electron chi connectivity index (χ4n) is 2.65. The first-order valence-corrected chi connectivity index (χ1v) is 6.88. The molecule has 0 aromatic rings. The number of piperidine rings is 1. The Balaban J connectivity index is 1.90. The zero-order valence-electron chi connectivity index (χ0n) is 11.4. The van der Waals surface area contributed by atoms with Gasteiger partial charge in [-0.15, -0.1) is 0 Å². The number of likely N-dealkylation sites (tertiary alicyclic amines) is 1. The van der Waals surface area contributed by atoms with Crippen LogP contribution in [0.3, 0.4) is 0 Å². The molecular formula is C13H22N2O4. The van der Waals surface area contributed by atoms with E-state index in [4.69, 9.17) is 9.84 Å². The predicted octanol–water partition coefficient (Wildman–Crippen LogP) is 1.06. The van der Waals surface area contributed by atoms with Crippen molar-refractivity contribution in [2.45, 2.75) is 38.1 Å². The second-order valence-corrected chi connectivity index (χ2v) is 5.73. The SMILES string of the molecule is CC1(NC(=O)N2CCC[C@@H](C(=O)O)C2)CCOCC1. The van der Waals surface area contributed by atoms with Gasteiger partial charge in [0.2, 0.25) is 0 Å². The van der Waals surface area contributed by atoms with Crippen molar-refractivity contribution < 1.29 is 19.4 Å². The van der Waals surface area contributed by atoms with Gasteiger partial charge in [0.05, 0.1) is 5.92 Å². The summed E-state index contributed by atoms with van der Waals surface area (Å²) in [7, 11) is 0. The van der Waals surface area contributed by atoms with Crippen LogP contribution in [0.5, 0.6) is 0 Å². The van der Waals surface area contributed by atoms with Crippen LogP contribution in [-0.4, -0.2) is 53.8 Å². The number of carboxylic acids is 1. The summed E-state index contributed by atoms with van der Waals surface area (Å²) in [5, 5.41) is 12.1. The van der Waals surface area contributed by atoms with Gasteiger partial charge in [-0.25, -0.2) is 4.79 Å². The maximum atomic E-state index is 12.2. The Morgan fingerprint density at radius 1 is 1.37 bits per heavy atom. The average Bonchev–Trinajstić information content (AvgIpc) is 2.39. The van der Waals surface area contributed by atoms with Crippen LogP contribution in [0.1, 0.15) is 32.6 Å². The van der Waals surface area contributed by atoms with Crippen molar-refractivity contribution in [1.82, 2.24) is 10.2 Å². The number of hydrogen-bond donors (Lipinski definition) is 2. The zero-order valence-corrected chi connectivity index (χ0v) is 11.4. The fraction of sp³-hybridized carbons (Fsp3) is 0.846. The quantitative estimate of drug-likeness (QED) is 0.786. The molecule has 0 spiro atoms. The normalized spacial score (nSPS) is 26.8. The summed E-state index contributed by atoms with van der Waals surface area (Å²) >= 11 is 0. The summed E-state index contributed by atoms with van der Waals surface area (Å²) in [4.78, 5) is 24.8. The second-order valence-electron chi connectivity index (χ2n) is 5.73. The van der Waals surface area contributed by atoms with E-state index < -0.39 is 11.9 Å². The lowest BCUT2D eigenvalue weighted by atomic mass is 9.92. The number of urea groups is 1. The number of nitrogens with zero attached hydrogens (tertiary/aromatic N) is 1. The van der Waals surface area contributed by atoms with Gasteiger partial charge in [0.1, 0.15) is 0 Å². The van der Waals surface area contributed by atoms with Crippen molar-refractivity contribution in [3.8, 4) is 0 Å². The number of carbonyl (C=O) groups excluding carboxylic acids is 1. The molecule has 2 aliphatic rings. The van der Waals surface area contributed by atoms with E-state index in [1.54, 1.807) is 4.90 Å². The first-order chi connectivity index (χ1) is 9.00. The molecule has 2 rings (SSSR count). The molecule has 0 unspecified atom stereocenters. The van der Waals surface area contributed by atoms with Crippen LogP contribution in [0.15, 0.2) is 0 Å². The Morgan fingerprint density at radius 2 is 2.05 bits per heavy atom. The van der Waals surface area contributed by atoms with Gasteiger partial charge >= 0.3 is 12.0 Å². The Morgan fingerprint density at radius 3 is 2.68 bits per heavy atom. The van der Waals surface area contributed by atoms with Crippen molar-refractivity contribution >= 4 is 12.0 Å². The molecule has 2 saturated heterocycles. The van der Waals surface area contributed by atoms with Gasteiger partial charge in [-0.05, 0) is 32.6 Å². The number of nitrogens with one attached hydrogen (secondary N) is 1. The molecule has 2 heterocycles. The molecule has 0 bridgehead atoms. The van der Waals surface area contributed by atoms with Crippen LogP contribution in [-0.2, 0) is 9.53 Å². The molecule has 6 heteroatoms. The maximum Gasteiger partial charge on any atom is 0.317 e. The van der Waals surface area contributed by atoms with Gasteiger partial charge in [0.25, 0.3) is 0 Å². The smallest absolute Gasteiger partial charge is 0.317 e. The molecule has 0 aromatic carbocycles. The largest absolute Gasteiger partial charge is 0.481 e. The van der Waals surface area contributed by atoms with E-state index in [1.165, 1.54) is 0 Å². The first-order valence-electron chi connectivity index (χ1n) is 6.88. The summed E-state index contributed by atoms with van der Waals surface area (Å²) in [6.07, 6.45) is 3.01. The van der Waals surface area contributed by atoms with Gasteiger partial charge in [0.15, 0.2) is 0 Å². The number of hydrogen-bond acceptors (Lipinski definition) is 3. The summed E-state index contributed by atoms with van der Waals surface area (Å²) in [6.45, 7) is 4.30. The molecule has 0 radical (unpaired) electrons. The number of aliphatic carboxylic acids is 1. The highest BCUT2D eigenvalue weighted by molar-refractivity contribution is 5.77. The van der Waals surface area contributed by atoms with E-state index in [0.29, 0.717) is 32.7 Å². The summed E-state index contributed by atoms with van der Waals surface area (Å²) in [6, 6.07) is -0.143. The third-order valence-corrected chi connectivity index (χ3v) is 4.06. The Hall–Kier alpha value is -1.30. The van der Waals surface area contributed by atoms with Gasteiger partial charge in [0, 0.05) is 31.8 Å². The van der Waals surface area contributed by atoms with Gasteiger partial charge in [-0.3, -0.25) is 4.79 Å². The van der Waals surface area contributed by atoms with Crippen LogP contribution in [0.4, 0.5) is 4.79 Å². The Labute approximate surface area is 113 Å². The minimum atomic E-state index is -0.810. The number of rotatable bonds is 2. The monoisotopic (exact) mass is 270 g/mol. The molecule has 108 valence electrons. The van der Waals surface area contributed by atoms with Gasteiger partial charge in [-0.1, -0.05) is 0 Å². The average molecular weight is 270 g/mol.